The predicted octanol–water partition coefficient (Wildman–Crippen LogP) is 6.34. The van der Waals surface area contributed by atoms with Crippen LogP contribution in [0.15, 0.2) is 71.7 Å². The minimum absolute atomic E-state index is 0.0830. The van der Waals surface area contributed by atoms with Gasteiger partial charge in [0.05, 0.1) is 31.4 Å². The van der Waals surface area contributed by atoms with Crippen LogP contribution in [0.4, 0.5) is 5.69 Å². The zero-order chi connectivity index (χ0) is 42.1. The minimum atomic E-state index is -0.660. The summed E-state index contributed by atoms with van der Waals surface area (Å²) >= 11 is 7.92. The predicted molar refractivity (Wildman–Crippen MR) is 228 cm³/mol. The average Bonchev–Trinajstić information content (AvgIpc) is 3.85. The highest BCUT2D eigenvalue weighted by molar-refractivity contribution is 7.15. The number of hydrogen-bond donors (Lipinski definition) is 3. The van der Waals surface area contributed by atoms with Gasteiger partial charge in [0.25, 0.3) is 5.91 Å². The lowest BCUT2D eigenvalue weighted by Gasteiger charge is -2.29. The second kappa shape index (κ2) is 17.4. The summed E-state index contributed by atoms with van der Waals surface area (Å²) in [6.07, 6.45) is 0.613. The molecule has 0 aliphatic carbocycles. The van der Waals surface area contributed by atoms with E-state index >= 15 is 0 Å². The lowest BCUT2D eigenvalue weighted by atomic mass is 9.99. The maximum absolute atomic E-state index is 13.7. The molecule has 3 aromatic carbocycles. The number of aliphatic imine (C=N–C) groups is 1. The number of thiophene rings is 1. The highest BCUT2D eigenvalue weighted by Crippen LogP contribution is 2.40. The standard InChI is InChI=1S/C44H45ClN8O6S/c1-24-26(3)60-44-39(24)40(29-8-12-30(45)13-9-29)48-35(41-51-50-27(4)53(41)44)22-38(55)47-25(2)28-10-14-31(15-11-28)59-21-20-58-19-18-46-34-7-5-6-32-33(34)23-52(43(32)57)36-16-17-37(54)49-42(36)56/h5-15,25,35-36,46H,16-23H2,1-4H3,(H,47,55)(H,49,54,56)/t25-,35-,36?/m0/s1. The van der Waals surface area contributed by atoms with Gasteiger partial charge in [-0.1, -0.05) is 41.9 Å². The molecule has 2 aromatic heterocycles. The Morgan fingerprint density at radius 3 is 2.55 bits per heavy atom. The minimum Gasteiger partial charge on any atom is -0.491 e. The maximum Gasteiger partial charge on any atom is 0.255 e. The number of nitrogens with zero attached hydrogens (tertiary/aromatic N) is 5. The number of nitrogens with one attached hydrogen (secondary N) is 3. The summed E-state index contributed by atoms with van der Waals surface area (Å²) in [7, 11) is 0. The molecule has 4 amide bonds. The number of fused-ring (bicyclic) bond motifs is 4. The van der Waals surface area contributed by atoms with Crippen molar-refractivity contribution < 1.29 is 28.7 Å². The first-order valence-electron chi connectivity index (χ1n) is 19.9. The van der Waals surface area contributed by atoms with Crippen LogP contribution in [0.2, 0.25) is 5.02 Å². The molecule has 1 unspecified atom stereocenters. The van der Waals surface area contributed by atoms with Crippen LogP contribution < -0.4 is 20.7 Å². The molecule has 3 aliphatic rings. The number of rotatable bonds is 14. The smallest absolute Gasteiger partial charge is 0.255 e. The third-order valence-electron chi connectivity index (χ3n) is 11.1. The fraction of sp³-hybridized carbons (Fsp3) is 0.341. The molecule has 5 aromatic rings. The van der Waals surface area contributed by atoms with Crippen molar-refractivity contribution in [2.45, 2.75) is 71.6 Å². The summed E-state index contributed by atoms with van der Waals surface area (Å²) < 4.78 is 13.7. The monoisotopic (exact) mass is 848 g/mol. The molecular formula is C44H45ClN8O6S. The molecule has 3 N–H and O–H groups in total. The normalized spacial score (nSPS) is 17.6. The first-order valence-corrected chi connectivity index (χ1v) is 21.1. The molecule has 0 spiro atoms. The van der Waals surface area contributed by atoms with Crippen LogP contribution in [0.1, 0.15) is 93.0 Å². The van der Waals surface area contributed by atoms with Crippen LogP contribution in [0.3, 0.4) is 0 Å². The summed E-state index contributed by atoms with van der Waals surface area (Å²) in [5.41, 5.74) is 6.97. The third kappa shape index (κ3) is 8.29. The van der Waals surface area contributed by atoms with E-state index < -0.39 is 18.0 Å². The van der Waals surface area contributed by atoms with Gasteiger partial charge >= 0.3 is 0 Å². The Morgan fingerprint density at radius 1 is 1.00 bits per heavy atom. The van der Waals surface area contributed by atoms with Crippen LogP contribution in [-0.4, -0.2) is 81.4 Å². The summed E-state index contributed by atoms with van der Waals surface area (Å²) in [6.45, 7) is 9.98. The van der Waals surface area contributed by atoms with Crippen molar-refractivity contribution in [2.75, 3.05) is 31.7 Å². The Morgan fingerprint density at radius 2 is 1.78 bits per heavy atom. The largest absolute Gasteiger partial charge is 0.491 e. The topological polar surface area (TPSA) is 169 Å². The van der Waals surface area contributed by atoms with Crippen molar-refractivity contribution in [3.8, 4) is 10.8 Å². The zero-order valence-electron chi connectivity index (χ0n) is 33.7. The number of aryl methyl sites for hydroxylation is 2. The van der Waals surface area contributed by atoms with Crippen molar-refractivity contribution in [1.29, 1.82) is 0 Å². The van der Waals surface area contributed by atoms with Crippen molar-refractivity contribution in [3.63, 3.8) is 0 Å². The van der Waals surface area contributed by atoms with Gasteiger partial charge in [-0.2, -0.15) is 0 Å². The van der Waals surface area contributed by atoms with Gasteiger partial charge in [0.15, 0.2) is 5.82 Å². The van der Waals surface area contributed by atoms with E-state index in [2.05, 4.69) is 40.0 Å². The first-order chi connectivity index (χ1) is 29.0. The second-order valence-electron chi connectivity index (χ2n) is 15.1. The van der Waals surface area contributed by atoms with Gasteiger partial charge in [-0.15, -0.1) is 21.5 Å². The number of hydrogen-bond acceptors (Lipinski definition) is 11. The van der Waals surface area contributed by atoms with E-state index in [4.69, 9.17) is 26.1 Å². The van der Waals surface area contributed by atoms with Gasteiger partial charge in [0.1, 0.15) is 35.3 Å². The van der Waals surface area contributed by atoms with Crippen molar-refractivity contribution in [2.24, 2.45) is 4.99 Å². The quantitative estimate of drug-likeness (QED) is 0.0854. The molecule has 0 radical (unpaired) electrons. The van der Waals surface area contributed by atoms with Crippen molar-refractivity contribution in [3.05, 3.63) is 122 Å². The molecule has 3 atom stereocenters. The van der Waals surface area contributed by atoms with Gasteiger partial charge in [0.2, 0.25) is 17.7 Å². The summed E-state index contributed by atoms with van der Waals surface area (Å²) in [4.78, 5) is 58.7. The molecule has 16 heteroatoms. The van der Waals surface area contributed by atoms with E-state index in [1.165, 1.54) is 9.78 Å². The number of aromatic nitrogens is 3. The van der Waals surface area contributed by atoms with Crippen LogP contribution in [-0.2, 0) is 25.7 Å². The molecule has 14 nitrogen and oxygen atoms in total. The first kappa shape index (κ1) is 40.9. The number of imide groups is 1. The van der Waals surface area contributed by atoms with Gasteiger partial charge in [0, 0.05) is 57.4 Å². The highest BCUT2D eigenvalue weighted by atomic mass is 35.5. The fourth-order valence-electron chi connectivity index (χ4n) is 7.87. The third-order valence-corrected chi connectivity index (χ3v) is 12.6. The van der Waals surface area contributed by atoms with E-state index in [1.807, 2.05) is 79.1 Å². The number of carbonyl (C=O) groups excluding carboxylic acids is 4. The molecule has 0 bridgehead atoms. The lowest BCUT2D eigenvalue weighted by Crippen LogP contribution is -2.52. The van der Waals surface area contributed by atoms with Crippen LogP contribution >= 0.6 is 22.9 Å². The van der Waals surface area contributed by atoms with E-state index in [1.54, 1.807) is 17.4 Å². The van der Waals surface area contributed by atoms with E-state index in [-0.39, 0.29) is 36.6 Å². The van der Waals surface area contributed by atoms with E-state index in [0.717, 1.165) is 50.0 Å². The number of anilines is 1. The molecule has 0 saturated carbocycles. The zero-order valence-corrected chi connectivity index (χ0v) is 35.3. The Bertz CT molecular complexity index is 2500. The van der Waals surface area contributed by atoms with Crippen molar-refractivity contribution >= 4 is 58.0 Å². The molecule has 3 aliphatic heterocycles. The van der Waals surface area contributed by atoms with Crippen LogP contribution in [0.5, 0.6) is 5.75 Å². The van der Waals surface area contributed by atoms with E-state index in [9.17, 15) is 19.2 Å². The molecule has 310 valence electrons. The van der Waals surface area contributed by atoms with Crippen LogP contribution in [0.25, 0.3) is 5.00 Å². The summed E-state index contributed by atoms with van der Waals surface area (Å²) in [5, 5.41) is 19.4. The summed E-state index contributed by atoms with van der Waals surface area (Å²) in [6, 6.07) is 19.2. The summed E-state index contributed by atoms with van der Waals surface area (Å²) in [5.74, 6) is 0.924. The number of piperidine rings is 1. The van der Waals surface area contributed by atoms with Gasteiger partial charge in [-0.05, 0) is 81.6 Å². The van der Waals surface area contributed by atoms with Crippen molar-refractivity contribution in [1.82, 2.24) is 30.3 Å². The second-order valence-corrected chi connectivity index (χ2v) is 16.7. The number of carbonyl (C=O) groups is 4. The molecular weight excluding hydrogens is 804 g/mol. The highest BCUT2D eigenvalue weighted by Gasteiger charge is 2.40. The Labute approximate surface area is 356 Å². The average molecular weight is 849 g/mol. The van der Waals surface area contributed by atoms with Gasteiger partial charge < -0.3 is 25.0 Å². The number of ether oxygens (including phenoxy) is 2. The number of amides is 4. The maximum atomic E-state index is 13.7. The molecule has 60 heavy (non-hydrogen) atoms. The molecule has 5 heterocycles. The van der Waals surface area contributed by atoms with E-state index in [0.29, 0.717) is 61.5 Å². The fourth-order valence-corrected chi connectivity index (χ4v) is 9.21. The lowest BCUT2D eigenvalue weighted by molar-refractivity contribution is -0.137. The molecule has 1 fully saturated rings. The Balaban J connectivity index is 0.815. The van der Waals surface area contributed by atoms with Crippen LogP contribution in [0, 0.1) is 20.8 Å². The number of benzene rings is 3. The SMILES string of the molecule is Cc1sc2c(c1C)C(c1ccc(Cl)cc1)=N[C@@H](CC(=O)N[C@@H](C)c1ccc(OCCOCCNc3cccc4c3CN(C3CCC(=O)NC3=O)C4=O)cc1)c1nnc(C)n1-2. The molecule has 1 saturated heterocycles. The van der Waals surface area contributed by atoms with Gasteiger partial charge in [-0.25, -0.2) is 0 Å². The molecule has 8 rings (SSSR count). The van der Waals surface area contributed by atoms with Gasteiger partial charge in [-0.3, -0.25) is 34.1 Å². The number of halogens is 1. The Hall–Kier alpha value is -5.90. The Kier molecular flexibility index (Phi) is 11.8.